The molecular formula is C24H21N5O2. The van der Waals surface area contributed by atoms with Crippen LogP contribution in [0.1, 0.15) is 17.0 Å². The molecule has 0 fully saturated rings. The topological polar surface area (TPSA) is 102 Å². The molecule has 0 bridgehead atoms. The molecule has 7 nitrogen and oxygen atoms in total. The van der Waals surface area contributed by atoms with Crippen molar-refractivity contribution in [3.8, 4) is 11.6 Å². The molecule has 0 aliphatic heterocycles. The number of ether oxygens (including phenoxy) is 1. The highest BCUT2D eigenvalue weighted by Gasteiger charge is 2.23. The van der Waals surface area contributed by atoms with Crippen molar-refractivity contribution >= 4 is 17.4 Å². The smallest absolute Gasteiger partial charge is 0.250 e. The van der Waals surface area contributed by atoms with Crippen LogP contribution in [0.25, 0.3) is 0 Å². The summed E-state index contributed by atoms with van der Waals surface area (Å²) in [6.07, 6.45) is 1.31. The first-order valence-electron chi connectivity index (χ1n) is 9.71. The number of rotatable bonds is 7. The lowest BCUT2D eigenvalue weighted by Gasteiger charge is -2.19. The van der Waals surface area contributed by atoms with E-state index in [4.69, 9.17) is 10.5 Å². The van der Waals surface area contributed by atoms with E-state index in [-0.39, 0.29) is 23.3 Å². The van der Waals surface area contributed by atoms with Gasteiger partial charge in [-0.15, -0.1) is 0 Å². The van der Waals surface area contributed by atoms with E-state index in [9.17, 15) is 4.79 Å². The van der Waals surface area contributed by atoms with Crippen LogP contribution in [-0.2, 0) is 4.79 Å². The maximum atomic E-state index is 13.1. The number of anilines is 2. The molecule has 154 valence electrons. The number of hydrogen-bond acceptors (Lipinski definition) is 6. The fraction of sp³-hybridized carbons (Fsp3) is 0.0417. The maximum Gasteiger partial charge on any atom is 0.250 e. The quantitative estimate of drug-likeness (QED) is 0.395. The molecule has 0 saturated heterocycles. The van der Waals surface area contributed by atoms with E-state index < -0.39 is 5.92 Å². The van der Waals surface area contributed by atoms with Gasteiger partial charge in [-0.1, -0.05) is 78.9 Å². The van der Waals surface area contributed by atoms with E-state index in [2.05, 4.69) is 20.8 Å². The van der Waals surface area contributed by atoms with Crippen molar-refractivity contribution in [1.82, 2.24) is 15.4 Å². The minimum absolute atomic E-state index is 0.183. The van der Waals surface area contributed by atoms with E-state index in [1.165, 1.54) is 6.33 Å². The molecule has 4 aromatic rings. The highest BCUT2D eigenvalue weighted by Crippen LogP contribution is 2.29. The molecule has 0 spiro atoms. The second-order valence-corrected chi connectivity index (χ2v) is 6.72. The fourth-order valence-corrected chi connectivity index (χ4v) is 3.14. The van der Waals surface area contributed by atoms with E-state index in [1.807, 2.05) is 78.9 Å². The largest absolute Gasteiger partial charge is 0.437 e. The van der Waals surface area contributed by atoms with Crippen LogP contribution in [0.5, 0.6) is 11.6 Å². The van der Waals surface area contributed by atoms with Gasteiger partial charge in [-0.05, 0) is 23.3 Å². The first kappa shape index (κ1) is 19.9. The Balaban J connectivity index is 1.52. The summed E-state index contributed by atoms with van der Waals surface area (Å²) in [5, 5.41) is 0. The number of carbonyl (C=O) groups is 1. The molecule has 0 aliphatic rings. The summed E-state index contributed by atoms with van der Waals surface area (Å²) in [5.41, 5.74) is 13.6. The number of nitrogens with two attached hydrogens (primary N) is 1. The van der Waals surface area contributed by atoms with Gasteiger partial charge in [0.15, 0.2) is 5.82 Å². The summed E-state index contributed by atoms with van der Waals surface area (Å²) < 4.78 is 5.71. The summed E-state index contributed by atoms with van der Waals surface area (Å²) in [6.45, 7) is 0. The third kappa shape index (κ3) is 4.79. The van der Waals surface area contributed by atoms with E-state index in [1.54, 1.807) is 12.1 Å². The first-order valence-corrected chi connectivity index (χ1v) is 9.71. The molecule has 4 rings (SSSR count). The zero-order valence-corrected chi connectivity index (χ0v) is 16.6. The molecule has 31 heavy (non-hydrogen) atoms. The summed E-state index contributed by atoms with van der Waals surface area (Å²) >= 11 is 0. The van der Waals surface area contributed by atoms with Gasteiger partial charge in [0.1, 0.15) is 17.8 Å². The maximum absolute atomic E-state index is 13.1. The van der Waals surface area contributed by atoms with Crippen molar-refractivity contribution in [3.05, 3.63) is 108 Å². The van der Waals surface area contributed by atoms with Crippen molar-refractivity contribution in [2.24, 2.45) is 0 Å². The van der Waals surface area contributed by atoms with Crippen LogP contribution >= 0.6 is 0 Å². The Hall–Kier alpha value is -4.39. The van der Waals surface area contributed by atoms with Gasteiger partial charge in [-0.3, -0.25) is 15.6 Å². The predicted octanol–water partition coefficient (Wildman–Crippen LogP) is 4.13. The van der Waals surface area contributed by atoms with Crippen LogP contribution in [-0.4, -0.2) is 15.9 Å². The SMILES string of the molecule is Nc1c(NNC(=O)C(c2ccccc2)c2ccccc2)ncnc1Oc1ccccc1. The lowest BCUT2D eigenvalue weighted by molar-refractivity contribution is -0.121. The lowest BCUT2D eigenvalue weighted by Crippen LogP contribution is -2.35. The number of hydrazine groups is 1. The van der Waals surface area contributed by atoms with Crippen LogP contribution in [0.2, 0.25) is 0 Å². The average molecular weight is 411 g/mol. The number of aromatic nitrogens is 2. The van der Waals surface area contributed by atoms with Crippen molar-refractivity contribution in [2.45, 2.75) is 5.92 Å². The van der Waals surface area contributed by atoms with Gasteiger partial charge in [0.2, 0.25) is 11.8 Å². The normalized spacial score (nSPS) is 10.5. The number of carbonyl (C=O) groups excluding carboxylic acids is 1. The van der Waals surface area contributed by atoms with Gasteiger partial charge < -0.3 is 10.5 Å². The molecule has 0 radical (unpaired) electrons. The summed E-state index contributed by atoms with van der Waals surface area (Å²) in [7, 11) is 0. The molecule has 1 amide bonds. The van der Waals surface area contributed by atoms with Crippen LogP contribution < -0.4 is 21.3 Å². The number of nitrogen functional groups attached to an aromatic ring is 1. The molecule has 4 N–H and O–H groups in total. The number of para-hydroxylation sites is 1. The number of hydrogen-bond donors (Lipinski definition) is 3. The third-order valence-electron chi connectivity index (χ3n) is 4.64. The third-order valence-corrected chi connectivity index (χ3v) is 4.64. The highest BCUT2D eigenvalue weighted by molar-refractivity contribution is 5.88. The summed E-state index contributed by atoms with van der Waals surface area (Å²) in [5.74, 6) is 0.282. The average Bonchev–Trinajstić information content (AvgIpc) is 2.82. The van der Waals surface area contributed by atoms with E-state index in [0.29, 0.717) is 5.75 Å². The Morgan fingerprint density at radius 3 is 1.94 bits per heavy atom. The molecule has 0 atom stereocenters. The number of benzene rings is 3. The van der Waals surface area contributed by atoms with E-state index in [0.717, 1.165) is 11.1 Å². The van der Waals surface area contributed by atoms with Gasteiger partial charge in [0, 0.05) is 0 Å². The van der Waals surface area contributed by atoms with Gasteiger partial charge in [0.25, 0.3) is 0 Å². The van der Waals surface area contributed by atoms with Crippen LogP contribution in [0.15, 0.2) is 97.3 Å². The first-order chi connectivity index (χ1) is 15.2. The second kappa shape index (κ2) is 9.41. The number of amides is 1. The fourth-order valence-electron chi connectivity index (χ4n) is 3.14. The van der Waals surface area contributed by atoms with Crippen molar-refractivity contribution in [2.75, 3.05) is 11.2 Å². The molecule has 3 aromatic carbocycles. The van der Waals surface area contributed by atoms with Crippen molar-refractivity contribution < 1.29 is 9.53 Å². The molecule has 1 heterocycles. The van der Waals surface area contributed by atoms with E-state index >= 15 is 0 Å². The number of nitrogens with one attached hydrogen (secondary N) is 2. The molecule has 7 heteroatoms. The van der Waals surface area contributed by atoms with Crippen LogP contribution in [0.3, 0.4) is 0 Å². The van der Waals surface area contributed by atoms with Crippen molar-refractivity contribution in [3.63, 3.8) is 0 Å². The Labute approximate surface area is 179 Å². The molecule has 0 unspecified atom stereocenters. The Morgan fingerprint density at radius 1 is 0.806 bits per heavy atom. The molecule has 1 aromatic heterocycles. The number of nitrogens with zero attached hydrogens (tertiary/aromatic N) is 2. The second-order valence-electron chi connectivity index (χ2n) is 6.72. The standard InChI is InChI=1S/C24H21N5O2/c25-21-22(26-16-27-24(21)31-19-14-8-3-9-15-19)28-29-23(30)20(17-10-4-1-5-11-17)18-12-6-2-7-13-18/h1-16,20H,25H2,(H,29,30)(H,26,27,28). The minimum Gasteiger partial charge on any atom is -0.437 e. The Morgan fingerprint density at radius 2 is 1.35 bits per heavy atom. The monoisotopic (exact) mass is 411 g/mol. The molecule has 0 saturated carbocycles. The molecular weight excluding hydrogens is 390 g/mol. The summed E-state index contributed by atoms with van der Waals surface area (Å²) in [4.78, 5) is 21.3. The van der Waals surface area contributed by atoms with Gasteiger partial charge in [-0.25, -0.2) is 4.98 Å². The Kier molecular flexibility index (Phi) is 6.04. The zero-order chi connectivity index (χ0) is 21.5. The Bertz CT molecular complexity index is 1100. The molecule has 0 aliphatic carbocycles. The van der Waals surface area contributed by atoms with Gasteiger partial charge in [0.05, 0.1) is 5.92 Å². The van der Waals surface area contributed by atoms with Crippen molar-refractivity contribution in [1.29, 1.82) is 0 Å². The predicted molar refractivity (Wildman–Crippen MR) is 119 cm³/mol. The van der Waals surface area contributed by atoms with Gasteiger partial charge >= 0.3 is 0 Å². The zero-order valence-electron chi connectivity index (χ0n) is 16.6. The van der Waals surface area contributed by atoms with Gasteiger partial charge in [-0.2, -0.15) is 4.98 Å². The summed E-state index contributed by atoms with van der Waals surface area (Å²) in [6, 6.07) is 28.3. The van der Waals surface area contributed by atoms with Crippen LogP contribution in [0.4, 0.5) is 11.5 Å². The minimum atomic E-state index is -0.502. The highest BCUT2D eigenvalue weighted by atomic mass is 16.5. The lowest BCUT2D eigenvalue weighted by atomic mass is 9.91. The van der Waals surface area contributed by atoms with Crippen LogP contribution in [0, 0.1) is 0 Å².